The molecule has 0 radical (unpaired) electrons. The third kappa shape index (κ3) is 3.35. The van der Waals surface area contributed by atoms with Crippen LogP contribution in [0.15, 0.2) is 54.6 Å². The quantitative estimate of drug-likeness (QED) is 0.870. The summed E-state index contributed by atoms with van der Waals surface area (Å²) in [6, 6.07) is 16.5. The fraction of sp³-hybridized carbons (Fsp3) is 0.333. The highest BCUT2D eigenvalue weighted by Gasteiger charge is 2.50. The second kappa shape index (κ2) is 7.31. The Balaban J connectivity index is 1.54. The van der Waals surface area contributed by atoms with Crippen molar-refractivity contribution >= 4 is 17.6 Å². The van der Waals surface area contributed by atoms with E-state index in [9.17, 15) is 9.59 Å². The lowest BCUT2D eigenvalue weighted by molar-refractivity contribution is -0.132. The molecule has 2 aromatic rings. The van der Waals surface area contributed by atoms with E-state index in [0.717, 1.165) is 12.8 Å². The zero-order valence-corrected chi connectivity index (χ0v) is 15.1. The molecule has 6 nitrogen and oxygen atoms in total. The molecule has 27 heavy (non-hydrogen) atoms. The molecule has 1 atom stereocenters. The van der Waals surface area contributed by atoms with Crippen molar-refractivity contribution in [3.8, 4) is 11.5 Å². The van der Waals surface area contributed by atoms with Gasteiger partial charge < -0.3 is 20.3 Å². The number of piperidine rings is 1. The minimum Gasteiger partial charge on any atom is -0.455 e. The van der Waals surface area contributed by atoms with Gasteiger partial charge in [-0.05, 0) is 49.9 Å². The number of nitrogens with one attached hydrogen (secondary N) is 2. The second-order valence-electron chi connectivity index (χ2n) is 6.99. The smallest absolute Gasteiger partial charge is 0.322 e. The minimum atomic E-state index is -0.711. The predicted molar refractivity (Wildman–Crippen MR) is 103 cm³/mol. The lowest BCUT2D eigenvalue weighted by atomic mass is 9.86. The maximum Gasteiger partial charge on any atom is 0.322 e. The number of urea groups is 1. The van der Waals surface area contributed by atoms with Gasteiger partial charge in [0.05, 0.1) is 5.69 Å². The van der Waals surface area contributed by atoms with Crippen LogP contribution in [-0.4, -0.2) is 35.5 Å². The molecule has 140 valence electrons. The molecular weight excluding hydrogens is 342 g/mol. The topological polar surface area (TPSA) is 70.7 Å². The predicted octanol–water partition coefficient (Wildman–Crippen LogP) is 3.76. The van der Waals surface area contributed by atoms with Gasteiger partial charge in [0.25, 0.3) is 0 Å². The Bertz CT molecular complexity index is 840. The summed E-state index contributed by atoms with van der Waals surface area (Å²) >= 11 is 0. The van der Waals surface area contributed by atoms with Crippen LogP contribution in [0.2, 0.25) is 0 Å². The normalized spacial score (nSPS) is 21.8. The summed E-state index contributed by atoms with van der Waals surface area (Å²) in [5.74, 6) is 1.23. The van der Waals surface area contributed by atoms with Crippen molar-refractivity contribution in [3.05, 3.63) is 54.6 Å². The molecule has 1 unspecified atom stereocenters. The van der Waals surface area contributed by atoms with Gasteiger partial charge in [-0.25, -0.2) is 4.79 Å². The van der Waals surface area contributed by atoms with E-state index in [2.05, 4.69) is 10.6 Å². The van der Waals surface area contributed by atoms with Crippen molar-refractivity contribution in [1.29, 1.82) is 0 Å². The van der Waals surface area contributed by atoms with Crippen molar-refractivity contribution in [2.75, 3.05) is 18.4 Å². The number of hydrogen-bond donors (Lipinski definition) is 2. The van der Waals surface area contributed by atoms with Crippen molar-refractivity contribution in [3.63, 3.8) is 0 Å². The minimum absolute atomic E-state index is 0.0322. The van der Waals surface area contributed by atoms with Crippen LogP contribution in [0.25, 0.3) is 0 Å². The molecule has 2 aliphatic rings. The van der Waals surface area contributed by atoms with E-state index in [-0.39, 0.29) is 11.9 Å². The lowest BCUT2D eigenvalue weighted by Gasteiger charge is -2.39. The van der Waals surface area contributed by atoms with Gasteiger partial charge in [-0.15, -0.1) is 0 Å². The van der Waals surface area contributed by atoms with E-state index in [1.807, 2.05) is 48.5 Å². The summed E-state index contributed by atoms with van der Waals surface area (Å²) in [4.78, 5) is 27.2. The first kappa shape index (κ1) is 17.4. The maximum atomic E-state index is 13.0. The molecule has 2 saturated heterocycles. The number of para-hydroxylation sites is 3. The van der Waals surface area contributed by atoms with Crippen LogP contribution in [0, 0.1) is 0 Å². The van der Waals surface area contributed by atoms with Crippen LogP contribution in [0.5, 0.6) is 11.5 Å². The first-order chi connectivity index (χ1) is 13.2. The summed E-state index contributed by atoms with van der Waals surface area (Å²) in [7, 11) is 0. The zero-order valence-electron chi connectivity index (χ0n) is 15.1. The van der Waals surface area contributed by atoms with Crippen LogP contribution in [-0.2, 0) is 4.79 Å². The highest BCUT2D eigenvalue weighted by Crippen LogP contribution is 2.37. The second-order valence-corrected chi connectivity index (χ2v) is 6.99. The van der Waals surface area contributed by atoms with Gasteiger partial charge in [0.1, 0.15) is 11.3 Å². The average molecular weight is 365 g/mol. The van der Waals surface area contributed by atoms with E-state index in [4.69, 9.17) is 4.74 Å². The molecule has 2 fully saturated rings. The monoisotopic (exact) mass is 365 g/mol. The number of hydrogen-bond acceptors (Lipinski definition) is 3. The third-order valence-corrected chi connectivity index (χ3v) is 5.31. The summed E-state index contributed by atoms with van der Waals surface area (Å²) < 4.78 is 5.92. The number of ether oxygens (including phenoxy) is 1. The van der Waals surface area contributed by atoms with Crippen molar-refractivity contribution in [2.24, 2.45) is 0 Å². The number of likely N-dealkylation sites (tertiary alicyclic amines) is 1. The number of benzene rings is 2. The van der Waals surface area contributed by atoms with Crippen molar-refractivity contribution in [2.45, 2.75) is 31.2 Å². The molecule has 3 amide bonds. The zero-order chi connectivity index (χ0) is 18.7. The Morgan fingerprint density at radius 3 is 2.59 bits per heavy atom. The van der Waals surface area contributed by atoms with Gasteiger partial charge in [-0.1, -0.05) is 30.3 Å². The number of nitrogens with zero attached hydrogens (tertiary/aromatic N) is 1. The lowest BCUT2D eigenvalue weighted by Crippen LogP contribution is -2.60. The van der Waals surface area contributed by atoms with Gasteiger partial charge in [-0.2, -0.15) is 0 Å². The van der Waals surface area contributed by atoms with E-state index in [0.29, 0.717) is 43.1 Å². The first-order valence-electron chi connectivity index (χ1n) is 9.38. The SMILES string of the molecule is O=C(Nc1ccccc1Oc1ccccc1)N1CCCC12CCCNC2=O. The molecule has 2 aromatic carbocycles. The number of rotatable bonds is 3. The number of carbonyl (C=O) groups is 2. The Morgan fingerprint density at radius 2 is 1.78 bits per heavy atom. The summed E-state index contributed by atoms with van der Waals surface area (Å²) in [5, 5.41) is 5.87. The Labute approximate surface area is 158 Å². The maximum absolute atomic E-state index is 13.0. The molecular formula is C21H23N3O3. The van der Waals surface area contributed by atoms with Gasteiger partial charge >= 0.3 is 6.03 Å². The highest BCUT2D eigenvalue weighted by atomic mass is 16.5. The molecule has 0 aromatic heterocycles. The van der Waals surface area contributed by atoms with Crippen LogP contribution in [0.1, 0.15) is 25.7 Å². The Morgan fingerprint density at radius 1 is 1.04 bits per heavy atom. The van der Waals surface area contributed by atoms with Gasteiger partial charge in [0, 0.05) is 13.1 Å². The molecule has 6 heteroatoms. The van der Waals surface area contributed by atoms with E-state index in [1.165, 1.54) is 0 Å². The van der Waals surface area contributed by atoms with Crippen LogP contribution in [0.3, 0.4) is 0 Å². The number of anilines is 1. The van der Waals surface area contributed by atoms with Crippen molar-refractivity contribution in [1.82, 2.24) is 10.2 Å². The van der Waals surface area contributed by atoms with Crippen LogP contribution < -0.4 is 15.4 Å². The van der Waals surface area contributed by atoms with Gasteiger partial charge in [0.2, 0.25) is 5.91 Å². The molecule has 1 spiro atoms. The molecule has 0 aliphatic carbocycles. The highest BCUT2D eigenvalue weighted by molar-refractivity contribution is 5.97. The van der Waals surface area contributed by atoms with Gasteiger partial charge in [0.15, 0.2) is 5.75 Å². The molecule has 2 aliphatic heterocycles. The largest absolute Gasteiger partial charge is 0.455 e. The van der Waals surface area contributed by atoms with Crippen LogP contribution in [0.4, 0.5) is 10.5 Å². The summed E-state index contributed by atoms with van der Waals surface area (Å²) in [5.41, 5.74) is -0.123. The molecule has 0 bridgehead atoms. The molecule has 2 N–H and O–H groups in total. The average Bonchev–Trinajstić information content (AvgIpc) is 3.11. The Kier molecular flexibility index (Phi) is 4.71. The van der Waals surface area contributed by atoms with E-state index in [1.54, 1.807) is 11.0 Å². The Hall–Kier alpha value is -3.02. The molecule has 4 rings (SSSR count). The van der Waals surface area contributed by atoms with E-state index >= 15 is 0 Å². The number of amides is 3. The first-order valence-corrected chi connectivity index (χ1v) is 9.38. The summed E-state index contributed by atoms with van der Waals surface area (Å²) in [6.07, 6.45) is 3.16. The fourth-order valence-electron chi connectivity index (χ4n) is 3.99. The molecule has 2 heterocycles. The molecule has 0 saturated carbocycles. The summed E-state index contributed by atoms with van der Waals surface area (Å²) in [6.45, 7) is 1.27. The van der Waals surface area contributed by atoms with Gasteiger partial charge in [-0.3, -0.25) is 4.79 Å². The fourth-order valence-corrected chi connectivity index (χ4v) is 3.99. The standard InChI is InChI=1S/C21H23N3O3/c25-19-21(12-6-14-22-19)13-7-15-24(21)20(26)23-17-10-4-5-11-18(17)27-16-8-2-1-3-9-16/h1-5,8-11H,6-7,12-15H2,(H,22,25)(H,23,26). The van der Waals surface area contributed by atoms with Crippen molar-refractivity contribution < 1.29 is 14.3 Å². The van der Waals surface area contributed by atoms with Crippen LogP contribution >= 0.6 is 0 Å². The van der Waals surface area contributed by atoms with E-state index < -0.39 is 5.54 Å². The number of carbonyl (C=O) groups excluding carboxylic acids is 2. The third-order valence-electron chi connectivity index (χ3n) is 5.31.